The van der Waals surface area contributed by atoms with Crippen LogP contribution in [0.4, 0.5) is 17.6 Å². The van der Waals surface area contributed by atoms with E-state index >= 15 is 0 Å². The van der Waals surface area contributed by atoms with Crippen molar-refractivity contribution in [2.75, 3.05) is 29.5 Å². The lowest BCUT2D eigenvalue weighted by Gasteiger charge is -2.28. The molecule has 0 unspecified atom stereocenters. The molecule has 0 atom stereocenters. The Morgan fingerprint density at radius 3 is 3.17 bits per heavy atom. The highest BCUT2D eigenvalue weighted by atomic mass is 32.1. The lowest BCUT2D eigenvalue weighted by atomic mass is 10.1. The van der Waals surface area contributed by atoms with Gasteiger partial charge in [-0.15, -0.1) is 11.3 Å². The summed E-state index contributed by atoms with van der Waals surface area (Å²) in [7, 11) is 1.83. The topological polar surface area (TPSA) is 67.1 Å². The summed E-state index contributed by atoms with van der Waals surface area (Å²) in [6.07, 6.45) is 1.08. The number of anilines is 3. The van der Waals surface area contributed by atoms with Crippen LogP contribution in [0.3, 0.4) is 0 Å². The van der Waals surface area contributed by atoms with Crippen molar-refractivity contribution in [3.05, 3.63) is 28.0 Å². The number of hydrogen-bond acceptors (Lipinski definition) is 6. The monoisotopic (exact) mass is 261 g/mol. The van der Waals surface area contributed by atoms with Gasteiger partial charge in [-0.1, -0.05) is 0 Å². The van der Waals surface area contributed by atoms with Crippen LogP contribution in [0.15, 0.2) is 17.5 Å². The fourth-order valence-corrected chi connectivity index (χ4v) is 3.08. The number of rotatable bonds is 2. The first kappa shape index (κ1) is 11.3. The van der Waals surface area contributed by atoms with E-state index in [2.05, 4.69) is 31.6 Å². The van der Waals surface area contributed by atoms with Crippen LogP contribution >= 0.6 is 11.3 Å². The van der Waals surface area contributed by atoms with Crippen LogP contribution in [-0.2, 0) is 13.0 Å². The first-order chi connectivity index (χ1) is 8.76. The van der Waals surface area contributed by atoms with E-state index in [-0.39, 0.29) is 0 Å². The van der Waals surface area contributed by atoms with Crippen LogP contribution < -0.4 is 16.0 Å². The summed E-state index contributed by atoms with van der Waals surface area (Å²) < 4.78 is 0. The third-order valence-electron chi connectivity index (χ3n) is 3.12. The number of aromatic nitrogens is 2. The van der Waals surface area contributed by atoms with Crippen LogP contribution in [0.1, 0.15) is 10.4 Å². The van der Waals surface area contributed by atoms with Gasteiger partial charge in [0.05, 0.1) is 0 Å². The molecule has 3 heterocycles. The molecule has 0 radical (unpaired) electrons. The van der Waals surface area contributed by atoms with Crippen molar-refractivity contribution in [3.8, 4) is 0 Å². The molecule has 0 aliphatic carbocycles. The van der Waals surface area contributed by atoms with Gasteiger partial charge in [-0.3, -0.25) is 0 Å². The molecule has 5 nitrogen and oxygen atoms in total. The van der Waals surface area contributed by atoms with E-state index in [1.165, 1.54) is 10.4 Å². The summed E-state index contributed by atoms with van der Waals surface area (Å²) in [4.78, 5) is 12.2. The van der Waals surface area contributed by atoms with Gasteiger partial charge in [0.2, 0.25) is 5.95 Å². The molecule has 3 N–H and O–H groups in total. The largest absolute Gasteiger partial charge is 0.373 e. The molecule has 0 amide bonds. The molecule has 2 aromatic heterocycles. The molecule has 0 fully saturated rings. The predicted molar refractivity (Wildman–Crippen MR) is 75.1 cm³/mol. The van der Waals surface area contributed by atoms with Gasteiger partial charge in [0.15, 0.2) is 0 Å². The minimum atomic E-state index is 0.313. The molecule has 0 saturated carbocycles. The van der Waals surface area contributed by atoms with Gasteiger partial charge in [-0.2, -0.15) is 9.97 Å². The van der Waals surface area contributed by atoms with E-state index in [1.807, 2.05) is 24.5 Å². The first-order valence-electron chi connectivity index (χ1n) is 5.89. The van der Waals surface area contributed by atoms with E-state index in [4.69, 9.17) is 5.73 Å². The summed E-state index contributed by atoms with van der Waals surface area (Å²) in [6, 6.07) is 4.13. The molecule has 0 saturated heterocycles. The van der Waals surface area contributed by atoms with Crippen molar-refractivity contribution in [3.63, 3.8) is 0 Å². The molecule has 1 aliphatic rings. The van der Waals surface area contributed by atoms with Crippen molar-refractivity contribution in [2.24, 2.45) is 0 Å². The van der Waals surface area contributed by atoms with Gasteiger partial charge in [0.1, 0.15) is 11.6 Å². The van der Waals surface area contributed by atoms with Crippen molar-refractivity contribution < 1.29 is 0 Å². The summed E-state index contributed by atoms with van der Waals surface area (Å²) >= 11 is 1.84. The highest BCUT2D eigenvalue weighted by Crippen LogP contribution is 2.27. The van der Waals surface area contributed by atoms with Crippen LogP contribution in [0.2, 0.25) is 0 Å². The number of nitrogen functional groups attached to an aromatic ring is 1. The fourth-order valence-electron chi connectivity index (χ4n) is 2.19. The third kappa shape index (κ3) is 1.99. The maximum Gasteiger partial charge on any atom is 0.223 e. The Balaban J connectivity index is 1.90. The standard InChI is InChI=1S/C12H15N5S/c1-14-10-6-11(16-12(13)15-10)17-4-2-9-8(7-17)3-5-18-9/h3,5-6H,2,4,7H2,1H3,(H3,13,14,15,16). The highest BCUT2D eigenvalue weighted by Gasteiger charge is 2.19. The second kappa shape index (κ2) is 4.45. The lowest BCUT2D eigenvalue weighted by molar-refractivity contribution is 0.731. The van der Waals surface area contributed by atoms with Crippen molar-refractivity contribution in [2.45, 2.75) is 13.0 Å². The molecule has 0 bridgehead atoms. The van der Waals surface area contributed by atoms with E-state index in [9.17, 15) is 0 Å². The van der Waals surface area contributed by atoms with Crippen molar-refractivity contribution in [1.82, 2.24) is 9.97 Å². The van der Waals surface area contributed by atoms with E-state index in [0.717, 1.165) is 31.1 Å². The smallest absolute Gasteiger partial charge is 0.223 e. The normalized spacial score (nSPS) is 14.4. The molecule has 0 aromatic carbocycles. The molecular formula is C12H15N5S. The number of nitrogens with one attached hydrogen (secondary N) is 1. The van der Waals surface area contributed by atoms with Crippen LogP contribution in [0, 0.1) is 0 Å². The van der Waals surface area contributed by atoms with E-state index < -0.39 is 0 Å². The van der Waals surface area contributed by atoms with Crippen molar-refractivity contribution in [1.29, 1.82) is 0 Å². The lowest BCUT2D eigenvalue weighted by Crippen LogP contribution is -2.30. The molecule has 2 aromatic rings. The van der Waals surface area contributed by atoms with Gasteiger partial charge < -0.3 is 16.0 Å². The minimum Gasteiger partial charge on any atom is -0.373 e. The molecule has 3 rings (SSSR count). The maximum atomic E-state index is 5.73. The Hall–Kier alpha value is -1.82. The zero-order chi connectivity index (χ0) is 12.5. The number of hydrogen-bond donors (Lipinski definition) is 2. The van der Waals surface area contributed by atoms with Crippen LogP contribution in [0.5, 0.6) is 0 Å². The average Bonchev–Trinajstić information content (AvgIpc) is 2.85. The fraction of sp³-hybridized carbons (Fsp3) is 0.333. The van der Waals surface area contributed by atoms with Gasteiger partial charge in [-0.05, 0) is 23.4 Å². The summed E-state index contributed by atoms with van der Waals surface area (Å²) in [6.45, 7) is 1.88. The quantitative estimate of drug-likeness (QED) is 0.861. The highest BCUT2D eigenvalue weighted by molar-refractivity contribution is 7.10. The Kier molecular flexibility index (Phi) is 2.79. The maximum absolute atomic E-state index is 5.73. The molecule has 94 valence electrons. The van der Waals surface area contributed by atoms with Gasteiger partial charge in [0.25, 0.3) is 0 Å². The number of nitrogens with two attached hydrogens (primary N) is 1. The van der Waals surface area contributed by atoms with E-state index in [1.54, 1.807) is 0 Å². The Morgan fingerprint density at radius 1 is 1.44 bits per heavy atom. The number of thiophene rings is 1. The van der Waals surface area contributed by atoms with E-state index in [0.29, 0.717) is 5.95 Å². The summed E-state index contributed by atoms with van der Waals surface area (Å²) in [5.41, 5.74) is 7.13. The minimum absolute atomic E-state index is 0.313. The molecule has 1 aliphatic heterocycles. The van der Waals surface area contributed by atoms with Gasteiger partial charge in [-0.25, -0.2) is 0 Å². The van der Waals surface area contributed by atoms with Gasteiger partial charge in [0, 0.05) is 31.1 Å². The summed E-state index contributed by atoms with van der Waals surface area (Å²) in [5, 5.41) is 5.16. The van der Waals surface area contributed by atoms with Crippen LogP contribution in [-0.4, -0.2) is 23.6 Å². The summed E-state index contributed by atoms with van der Waals surface area (Å²) in [5.74, 6) is 1.96. The third-order valence-corrected chi connectivity index (χ3v) is 4.14. The zero-order valence-corrected chi connectivity index (χ0v) is 11.0. The van der Waals surface area contributed by atoms with Crippen molar-refractivity contribution >= 4 is 28.9 Å². The Bertz CT molecular complexity index is 565. The first-order valence-corrected chi connectivity index (χ1v) is 6.77. The molecule has 0 spiro atoms. The number of fused-ring (bicyclic) bond motifs is 1. The average molecular weight is 261 g/mol. The number of nitrogens with zero attached hydrogens (tertiary/aromatic N) is 3. The second-order valence-corrected chi connectivity index (χ2v) is 5.26. The molecule has 18 heavy (non-hydrogen) atoms. The van der Waals surface area contributed by atoms with Gasteiger partial charge >= 0.3 is 0 Å². The molecular weight excluding hydrogens is 246 g/mol. The Labute approximate surface area is 110 Å². The SMILES string of the molecule is CNc1cc(N2CCc3sccc3C2)nc(N)n1. The second-order valence-electron chi connectivity index (χ2n) is 4.26. The zero-order valence-electron chi connectivity index (χ0n) is 10.2. The van der Waals surface area contributed by atoms with Crippen LogP contribution in [0.25, 0.3) is 0 Å². The Morgan fingerprint density at radius 2 is 2.33 bits per heavy atom. The molecule has 6 heteroatoms. The predicted octanol–water partition coefficient (Wildman–Crippen LogP) is 1.72.